The minimum atomic E-state index is -4.67. The van der Waals surface area contributed by atoms with Gasteiger partial charge in [0.05, 0.1) is 30.2 Å². The van der Waals surface area contributed by atoms with Gasteiger partial charge >= 0.3 is 12.2 Å². The third-order valence-corrected chi connectivity index (χ3v) is 6.10. The minimum absolute atomic E-state index is 0.0247. The number of para-hydroxylation sites is 1. The van der Waals surface area contributed by atoms with Crippen molar-refractivity contribution in [3.05, 3.63) is 89.6 Å². The Kier molecular flexibility index (Phi) is 8.67. The summed E-state index contributed by atoms with van der Waals surface area (Å²) >= 11 is 0. The Morgan fingerprint density at radius 2 is 1.74 bits per heavy atom. The van der Waals surface area contributed by atoms with Gasteiger partial charge in [0.1, 0.15) is 18.1 Å². The molecule has 2 aromatic carbocycles. The number of benzene rings is 2. The fourth-order valence-electron chi connectivity index (χ4n) is 4.18. The number of halogens is 4. The summed E-state index contributed by atoms with van der Waals surface area (Å²) in [5.41, 5.74) is -0.749. The maximum Gasteiger partial charge on any atom is 0.418 e. The van der Waals surface area contributed by atoms with E-state index in [-0.39, 0.29) is 25.7 Å². The molecular weight excluding hydrogens is 506 g/mol. The van der Waals surface area contributed by atoms with Gasteiger partial charge in [-0.25, -0.2) is 9.18 Å². The zero-order chi connectivity index (χ0) is 27.1. The molecule has 1 unspecified atom stereocenters. The van der Waals surface area contributed by atoms with Crippen LogP contribution in [-0.2, 0) is 28.8 Å². The number of nitrogens with one attached hydrogen (secondary N) is 1. The fourth-order valence-corrected chi connectivity index (χ4v) is 4.18. The van der Waals surface area contributed by atoms with E-state index in [1.165, 1.54) is 35.4 Å². The van der Waals surface area contributed by atoms with Crippen molar-refractivity contribution < 1.29 is 36.3 Å². The minimum Gasteiger partial charge on any atom is -0.467 e. The molecule has 1 aliphatic heterocycles. The molecule has 0 saturated carbocycles. The third kappa shape index (κ3) is 7.34. The third-order valence-electron chi connectivity index (χ3n) is 6.10. The van der Waals surface area contributed by atoms with E-state index in [1.54, 1.807) is 24.3 Å². The first-order valence-electron chi connectivity index (χ1n) is 12.1. The Labute approximate surface area is 217 Å². The number of nitrogens with zero attached hydrogens (tertiary/aromatic N) is 2. The van der Waals surface area contributed by atoms with Crippen molar-refractivity contribution >= 4 is 17.6 Å². The van der Waals surface area contributed by atoms with Gasteiger partial charge in [-0.2, -0.15) is 13.2 Å². The van der Waals surface area contributed by atoms with Crippen LogP contribution in [0.5, 0.6) is 0 Å². The molecule has 38 heavy (non-hydrogen) atoms. The molecule has 0 aliphatic carbocycles. The molecule has 1 fully saturated rings. The molecular formula is C27H27F4N3O4. The highest BCUT2D eigenvalue weighted by atomic mass is 19.4. The van der Waals surface area contributed by atoms with Crippen molar-refractivity contribution in [1.29, 1.82) is 0 Å². The van der Waals surface area contributed by atoms with E-state index >= 15 is 0 Å². The van der Waals surface area contributed by atoms with Crippen LogP contribution in [0.25, 0.3) is 0 Å². The second-order valence-electron chi connectivity index (χ2n) is 8.94. The average Bonchev–Trinajstić information content (AvgIpc) is 3.59. The number of furan rings is 1. The van der Waals surface area contributed by atoms with Crippen LogP contribution >= 0.6 is 0 Å². The van der Waals surface area contributed by atoms with Crippen molar-refractivity contribution in [3.63, 3.8) is 0 Å². The summed E-state index contributed by atoms with van der Waals surface area (Å²) < 4.78 is 64.8. The Balaban J connectivity index is 1.54. The lowest BCUT2D eigenvalue weighted by atomic mass is 10.1. The molecule has 0 radical (unpaired) electrons. The van der Waals surface area contributed by atoms with Crippen molar-refractivity contribution in [2.24, 2.45) is 0 Å². The molecule has 1 saturated heterocycles. The highest BCUT2D eigenvalue weighted by molar-refractivity contribution is 5.93. The number of alkyl halides is 3. The van der Waals surface area contributed by atoms with Crippen LogP contribution in [0.15, 0.2) is 71.3 Å². The zero-order valence-corrected chi connectivity index (χ0v) is 20.4. The Bertz CT molecular complexity index is 1210. The predicted octanol–water partition coefficient (Wildman–Crippen LogP) is 5.68. The zero-order valence-electron chi connectivity index (χ0n) is 20.4. The van der Waals surface area contributed by atoms with Gasteiger partial charge < -0.3 is 24.3 Å². The number of carbonyl (C=O) groups is 2. The number of hydrogen-bond donors (Lipinski definition) is 1. The Morgan fingerprint density at radius 3 is 2.39 bits per heavy atom. The summed E-state index contributed by atoms with van der Waals surface area (Å²) in [7, 11) is 0. The van der Waals surface area contributed by atoms with Crippen LogP contribution in [0.4, 0.5) is 28.0 Å². The molecule has 1 atom stereocenters. The van der Waals surface area contributed by atoms with Crippen molar-refractivity contribution in [3.8, 4) is 0 Å². The van der Waals surface area contributed by atoms with Crippen LogP contribution in [0, 0.1) is 5.82 Å². The van der Waals surface area contributed by atoms with E-state index in [9.17, 15) is 27.2 Å². The second-order valence-corrected chi connectivity index (χ2v) is 8.94. The summed E-state index contributed by atoms with van der Waals surface area (Å²) in [4.78, 5) is 29.3. The number of carbonyl (C=O) groups excluding carboxylic acids is 2. The Hall–Kier alpha value is -3.86. The summed E-state index contributed by atoms with van der Waals surface area (Å²) in [6, 6.07) is 12.8. The van der Waals surface area contributed by atoms with Gasteiger partial charge in [0, 0.05) is 19.7 Å². The van der Waals surface area contributed by atoms with Gasteiger partial charge in [-0.15, -0.1) is 0 Å². The molecule has 11 heteroatoms. The first-order valence-corrected chi connectivity index (χ1v) is 12.1. The highest BCUT2D eigenvalue weighted by Crippen LogP contribution is 2.34. The molecule has 4 rings (SSSR count). The molecule has 1 aromatic heterocycles. The van der Waals surface area contributed by atoms with Crippen LogP contribution in [-0.4, -0.2) is 47.5 Å². The quantitative estimate of drug-likeness (QED) is 0.359. The smallest absolute Gasteiger partial charge is 0.418 e. The van der Waals surface area contributed by atoms with E-state index in [4.69, 9.17) is 9.15 Å². The molecule has 2 heterocycles. The molecule has 0 spiro atoms. The van der Waals surface area contributed by atoms with Crippen LogP contribution in [0.3, 0.4) is 0 Å². The van der Waals surface area contributed by atoms with E-state index in [1.807, 2.05) is 0 Å². The SMILES string of the molecule is O=C(CN(CC1CCCO1)C(=O)Nc1ccccc1C(F)(F)F)N(Cc1ccc(F)cc1)Cc1ccco1. The van der Waals surface area contributed by atoms with Crippen LogP contribution in [0.1, 0.15) is 29.7 Å². The number of anilines is 1. The van der Waals surface area contributed by atoms with Gasteiger partial charge in [0.15, 0.2) is 0 Å². The Morgan fingerprint density at radius 1 is 0.974 bits per heavy atom. The summed E-state index contributed by atoms with van der Waals surface area (Å²) in [5, 5.41) is 2.32. The normalized spacial score (nSPS) is 15.3. The molecule has 0 bridgehead atoms. The number of urea groups is 1. The molecule has 1 aliphatic rings. The van der Waals surface area contributed by atoms with Crippen LogP contribution < -0.4 is 5.32 Å². The number of amides is 3. The topological polar surface area (TPSA) is 75.0 Å². The molecule has 3 aromatic rings. The van der Waals surface area contributed by atoms with E-state index < -0.39 is 41.7 Å². The number of rotatable bonds is 9. The van der Waals surface area contributed by atoms with E-state index in [0.717, 1.165) is 23.5 Å². The largest absolute Gasteiger partial charge is 0.467 e. The number of ether oxygens (including phenoxy) is 1. The van der Waals surface area contributed by atoms with Gasteiger partial charge in [-0.3, -0.25) is 4.79 Å². The standard InChI is InChI=1S/C27H27F4N3O4/c28-20-11-9-19(10-12-20)15-33(16-21-5-3-13-37-21)25(35)18-34(17-22-6-4-14-38-22)26(36)32-24-8-2-1-7-23(24)27(29,30)31/h1-3,5,7-13,22H,4,6,14-18H2,(H,32,36). The van der Waals surface area contributed by atoms with Gasteiger partial charge in [0.2, 0.25) is 5.91 Å². The first-order chi connectivity index (χ1) is 18.2. The van der Waals surface area contributed by atoms with E-state index in [2.05, 4.69) is 5.32 Å². The first kappa shape index (κ1) is 27.2. The maximum atomic E-state index is 13.5. The second kappa shape index (κ2) is 12.1. The lowest BCUT2D eigenvalue weighted by molar-refractivity contribution is -0.137. The van der Waals surface area contributed by atoms with E-state index in [0.29, 0.717) is 24.4 Å². The number of hydrogen-bond acceptors (Lipinski definition) is 4. The lowest BCUT2D eigenvalue weighted by Crippen LogP contribution is -2.47. The average molecular weight is 534 g/mol. The van der Waals surface area contributed by atoms with Crippen molar-refractivity contribution in [2.75, 3.05) is 25.0 Å². The van der Waals surface area contributed by atoms with Gasteiger partial charge in [0.25, 0.3) is 0 Å². The molecule has 1 N–H and O–H groups in total. The maximum absolute atomic E-state index is 13.5. The van der Waals surface area contributed by atoms with Crippen LogP contribution in [0.2, 0.25) is 0 Å². The molecule has 202 valence electrons. The summed E-state index contributed by atoms with van der Waals surface area (Å²) in [6.07, 6.45) is -2.12. The van der Waals surface area contributed by atoms with Gasteiger partial charge in [-0.1, -0.05) is 24.3 Å². The summed E-state index contributed by atoms with van der Waals surface area (Å²) in [5.74, 6) is -0.395. The molecule has 3 amide bonds. The predicted molar refractivity (Wildman–Crippen MR) is 130 cm³/mol. The van der Waals surface area contributed by atoms with Crippen molar-refractivity contribution in [1.82, 2.24) is 9.80 Å². The summed E-state index contributed by atoms with van der Waals surface area (Å²) in [6.45, 7) is 0.292. The lowest BCUT2D eigenvalue weighted by Gasteiger charge is -2.29. The monoisotopic (exact) mass is 533 g/mol. The van der Waals surface area contributed by atoms with Crippen molar-refractivity contribution in [2.45, 2.75) is 38.2 Å². The fraction of sp³-hybridized carbons (Fsp3) is 0.333. The molecule has 7 nitrogen and oxygen atoms in total. The van der Waals surface area contributed by atoms with Gasteiger partial charge in [-0.05, 0) is 54.8 Å². The highest BCUT2D eigenvalue weighted by Gasteiger charge is 2.34.